The molecule has 0 spiro atoms. The molecule has 0 saturated carbocycles. The molecule has 166 valence electrons. The number of carbonyl (C=O) groups is 1. The van der Waals surface area contributed by atoms with Crippen LogP contribution in [0.5, 0.6) is 5.88 Å². The summed E-state index contributed by atoms with van der Waals surface area (Å²) in [6.07, 6.45) is -0.687. The van der Waals surface area contributed by atoms with Gasteiger partial charge in [-0.3, -0.25) is 0 Å². The van der Waals surface area contributed by atoms with E-state index in [1.807, 2.05) is 0 Å². The zero-order chi connectivity index (χ0) is 21.8. The van der Waals surface area contributed by atoms with Crippen LogP contribution in [0, 0.1) is 0 Å². The zero-order valence-corrected chi connectivity index (χ0v) is 17.4. The third-order valence-electron chi connectivity index (χ3n) is 6.13. The lowest BCUT2D eigenvalue weighted by atomic mass is 9.90. The first kappa shape index (κ1) is 20.5. The van der Waals surface area contributed by atoms with Gasteiger partial charge in [0.2, 0.25) is 5.88 Å². The highest BCUT2D eigenvalue weighted by molar-refractivity contribution is 7.68. The Bertz CT molecular complexity index is 1100. The summed E-state index contributed by atoms with van der Waals surface area (Å²) in [7, 11) is 0. The molecule has 7 nitrogen and oxygen atoms in total. The number of nitrogens with one attached hydrogen (secondary N) is 1. The molecule has 2 heterocycles. The van der Waals surface area contributed by atoms with Crippen LogP contribution in [-0.2, 0) is 43.0 Å². The van der Waals surface area contributed by atoms with Crippen LogP contribution in [0.3, 0.4) is 0 Å². The summed E-state index contributed by atoms with van der Waals surface area (Å²) < 4.78 is 52.6. The Morgan fingerprint density at radius 1 is 1.29 bits per heavy atom. The van der Waals surface area contributed by atoms with Gasteiger partial charge in [-0.15, -0.1) is 0 Å². The quantitative estimate of drug-likeness (QED) is 0.607. The third kappa shape index (κ3) is 3.34. The van der Waals surface area contributed by atoms with E-state index in [0.29, 0.717) is 34.9 Å². The van der Waals surface area contributed by atoms with Crippen molar-refractivity contribution < 1.29 is 27.8 Å². The van der Waals surface area contributed by atoms with Crippen molar-refractivity contribution in [2.24, 2.45) is 4.36 Å². The third-order valence-corrected chi connectivity index (χ3v) is 6.93. The highest BCUT2D eigenvalue weighted by atomic mass is 32.1. The molecule has 0 unspecified atom stereocenters. The number of carbonyl (C=O) groups excluding carboxylic acids is 1. The van der Waals surface area contributed by atoms with Gasteiger partial charge in [0.05, 0.1) is 23.4 Å². The molecule has 0 saturated heterocycles. The second-order valence-electron chi connectivity index (χ2n) is 8.03. The molecule has 2 N–H and O–H groups in total. The molecule has 3 aliphatic rings. The van der Waals surface area contributed by atoms with Gasteiger partial charge in [0.15, 0.2) is 5.60 Å². The van der Waals surface area contributed by atoms with Gasteiger partial charge in [-0.05, 0) is 48.8 Å². The Kier molecular flexibility index (Phi) is 4.85. The number of aryl methyl sites for hydroxylation is 3. The summed E-state index contributed by atoms with van der Waals surface area (Å²) in [5.74, 6) is 0.553. The van der Waals surface area contributed by atoms with Crippen LogP contribution in [-0.4, -0.2) is 33.7 Å². The Morgan fingerprint density at radius 3 is 2.94 bits per heavy atom. The lowest BCUT2D eigenvalue weighted by Crippen LogP contribution is -2.41. The minimum absolute atomic E-state index is 0.0690. The standard InChI is InChI=1S/C20H21F3N4O3S/c21-20(22,23)19(29)6-5-12-9-11-3-1-4-13(11)16(15(12)19)25-18(28)26-31-14-10-24-27-7-2-8-30-17(14)27/h9-10,29,31H,1-8H2,(H,25,28)/t19-/m0/s1. The number of urea groups is 1. The molecule has 1 aliphatic heterocycles. The van der Waals surface area contributed by atoms with E-state index >= 15 is 0 Å². The van der Waals surface area contributed by atoms with E-state index in [1.54, 1.807) is 16.9 Å². The first-order valence-electron chi connectivity index (χ1n) is 10.2. The van der Waals surface area contributed by atoms with Gasteiger partial charge < -0.3 is 15.2 Å². The molecule has 31 heavy (non-hydrogen) atoms. The Morgan fingerprint density at radius 2 is 2.13 bits per heavy atom. The maximum atomic E-state index is 13.8. The zero-order valence-electron chi connectivity index (χ0n) is 16.5. The molecule has 2 amide bonds. The van der Waals surface area contributed by atoms with Gasteiger partial charge in [0.1, 0.15) is 0 Å². The minimum atomic E-state index is -4.84. The number of anilines is 1. The van der Waals surface area contributed by atoms with E-state index in [2.05, 4.69) is 14.8 Å². The highest BCUT2D eigenvalue weighted by Gasteiger charge is 2.59. The number of fused-ring (bicyclic) bond motifs is 3. The fourth-order valence-corrected chi connectivity index (χ4v) is 5.31. The van der Waals surface area contributed by atoms with Crippen LogP contribution in [0.4, 0.5) is 23.7 Å². The molecule has 0 bridgehead atoms. The lowest BCUT2D eigenvalue weighted by Gasteiger charge is -2.29. The number of hydrogen-bond donors (Lipinski definition) is 3. The minimum Gasteiger partial charge on any atom is -0.477 e. The fourth-order valence-electron chi connectivity index (χ4n) is 4.69. The van der Waals surface area contributed by atoms with Gasteiger partial charge in [-0.1, -0.05) is 17.6 Å². The molecular formula is C20H21F3N4O3S. The summed E-state index contributed by atoms with van der Waals surface area (Å²) in [6, 6.07) is 0.986. The number of rotatable bonds is 2. The summed E-state index contributed by atoms with van der Waals surface area (Å²) in [5.41, 5.74) is -1.11. The number of ether oxygens (including phenoxy) is 1. The van der Waals surface area contributed by atoms with Crippen molar-refractivity contribution in [3.63, 3.8) is 0 Å². The van der Waals surface area contributed by atoms with Crippen molar-refractivity contribution in [2.45, 2.75) is 61.7 Å². The van der Waals surface area contributed by atoms with E-state index in [0.717, 1.165) is 31.4 Å². The van der Waals surface area contributed by atoms with Gasteiger partial charge in [-0.25, -0.2) is 9.48 Å². The van der Waals surface area contributed by atoms with Crippen molar-refractivity contribution in [1.29, 1.82) is 0 Å². The molecule has 1 aromatic heterocycles. The Hall–Kier alpha value is -2.40. The molecule has 0 fully saturated rings. The number of benzene rings is 1. The predicted molar refractivity (Wildman–Crippen MR) is 108 cm³/mol. The Labute approximate surface area is 179 Å². The number of nitrogens with zero attached hydrogens (tertiary/aromatic N) is 3. The van der Waals surface area contributed by atoms with E-state index in [-0.39, 0.29) is 29.2 Å². The van der Waals surface area contributed by atoms with Crippen molar-refractivity contribution in [3.05, 3.63) is 34.5 Å². The number of hydrogen-bond acceptors (Lipinski definition) is 4. The van der Waals surface area contributed by atoms with E-state index in [1.165, 1.54) is 0 Å². The van der Waals surface area contributed by atoms with Crippen molar-refractivity contribution in [2.75, 3.05) is 11.9 Å². The molecule has 0 radical (unpaired) electrons. The number of halogens is 3. The summed E-state index contributed by atoms with van der Waals surface area (Å²) in [6.45, 7) is 1.27. The number of thiol groups is 1. The maximum absolute atomic E-state index is 13.8. The highest BCUT2D eigenvalue weighted by Crippen LogP contribution is 2.53. The summed E-state index contributed by atoms with van der Waals surface area (Å²) >= 11 is 0.288. The van der Waals surface area contributed by atoms with E-state index < -0.39 is 24.2 Å². The molecule has 11 heteroatoms. The topological polar surface area (TPSA) is 88.7 Å². The van der Waals surface area contributed by atoms with Crippen LogP contribution in [0.15, 0.2) is 21.5 Å². The largest absolute Gasteiger partial charge is 0.477 e. The van der Waals surface area contributed by atoms with Crippen LogP contribution >= 0.6 is 0 Å². The summed E-state index contributed by atoms with van der Waals surface area (Å²) in [4.78, 5) is 13.2. The van der Waals surface area contributed by atoms with Crippen molar-refractivity contribution >= 4 is 23.3 Å². The monoisotopic (exact) mass is 454 g/mol. The number of alkyl halides is 3. The lowest BCUT2D eigenvalue weighted by molar-refractivity contribution is -0.265. The van der Waals surface area contributed by atoms with Gasteiger partial charge >= 0.3 is 12.2 Å². The average Bonchev–Trinajstić information content (AvgIpc) is 3.44. The van der Waals surface area contributed by atoms with E-state index in [4.69, 9.17) is 4.74 Å². The molecule has 5 rings (SSSR count). The second-order valence-corrected chi connectivity index (χ2v) is 8.91. The average molecular weight is 454 g/mol. The first-order valence-corrected chi connectivity index (χ1v) is 11.0. The molecular weight excluding hydrogens is 433 g/mol. The molecule has 1 aromatic carbocycles. The predicted octanol–water partition coefficient (Wildman–Crippen LogP) is 3.44. The number of amides is 2. The fraction of sp³-hybridized carbons (Fsp3) is 0.500. The molecule has 2 aromatic rings. The van der Waals surface area contributed by atoms with Crippen LogP contribution in [0.2, 0.25) is 0 Å². The van der Waals surface area contributed by atoms with Crippen LogP contribution < -0.4 is 10.1 Å². The smallest absolute Gasteiger partial charge is 0.421 e. The molecule has 1 atom stereocenters. The van der Waals surface area contributed by atoms with Gasteiger partial charge in [0.25, 0.3) is 0 Å². The molecule has 2 aliphatic carbocycles. The van der Waals surface area contributed by atoms with Crippen LogP contribution in [0.25, 0.3) is 0 Å². The number of aromatic nitrogens is 2. The first-order chi connectivity index (χ1) is 14.8. The van der Waals surface area contributed by atoms with Crippen molar-refractivity contribution in [3.8, 4) is 5.88 Å². The van der Waals surface area contributed by atoms with E-state index in [9.17, 15) is 23.1 Å². The Balaban J connectivity index is 1.48. The van der Waals surface area contributed by atoms with Gasteiger partial charge in [-0.2, -0.15) is 22.6 Å². The normalized spacial score (nSPS) is 22.5. The number of aliphatic hydroxyl groups is 1. The summed E-state index contributed by atoms with van der Waals surface area (Å²) in [5, 5.41) is 17.3. The SMILES string of the molecule is O=C(/N=[SH]/c1cnn2c1OCCC2)Nc1c2c(cc3c1[C@](O)(C(F)(F)F)CC3)CCC2. The maximum Gasteiger partial charge on any atom is 0.421 e. The van der Waals surface area contributed by atoms with Crippen molar-refractivity contribution in [1.82, 2.24) is 9.78 Å². The van der Waals surface area contributed by atoms with Crippen LogP contribution in [0.1, 0.15) is 41.5 Å². The second kappa shape index (κ2) is 7.33. The van der Waals surface area contributed by atoms with Gasteiger partial charge in [0, 0.05) is 18.5 Å².